The molecular weight excluding hydrogens is 342 g/mol. The lowest BCUT2D eigenvalue weighted by atomic mass is 10.0. The minimum absolute atomic E-state index is 0.211. The van der Waals surface area contributed by atoms with Crippen LogP contribution < -0.4 is 10.5 Å². The molecule has 0 fully saturated rings. The van der Waals surface area contributed by atoms with Crippen LogP contribution in [0.15, 0.2) is 40.9 Å². The molecule has 0 saturated heterocycles. The Morgan fingerprint density at radius 2 is 2.10 bits per heavy atom. The van der Waals surface area contributed by atoms with Gasteiger partial charge >= 0.3 is 0 Å². The number of carbonyl (C=O) groups excluding carboxylic acids is 1. The lowest BCUT2D eigenvalue weighted by Gasteiger charge is -2.10. The molecule has 2 aromatic rings. The van der Waals surface area contributed by atoms with E-state index in [9.17, 15) is 4.79 Å². The van der Waals surface area contributed by atoms with Gasteiger partial charge in [0, 0.05) is 11.3 Å². The minimum Gasteiger partial charge on any atom is -0.493 e. The molecule has 0 bridgehead atoms. The Balaban J connectivity index is 2.41. The smallest absolute Gasteiger partial charge is 0.196 e. The van der Waals surface area contributed by atoms with Crippen LogP contribution in [0.25, 0.3) is 0 Å². The topological polar surface area (TPSA) is 52.3 Å². The number of ketones is 1. The van der Waals surface area contributed by atoms with Crippen molar-refractivity contribution >= 4 is 39.0 Å². The molecule has 0 heterocycles. The minimum atomic E-state index is -0.211. The second kappa shape index (κ2) is 6.29. The molecule has 2 N–H and O–H groups in total. The first-order valence-electron chi connectivity index (χ1n) is 6.05. The number of anilines is 1. The van der Waals surface area contributed by atoms with Crippen LogP contribution in [-0.2, 0) is 0 Å². The SMILES string of the molecule is CCOc1ccc(C(=O)c2c(N)cccc2Cl)cc1Br. The fourth-order valence-electron chi connectivity index (χ4n) is 1.84. The number of ether oxygens (including phenoxy) is 1. The quantitative estimate of drug-likeness (QED) is 0.657. The van der Waals surface area contributed by atoms with Crippen LogP contribution in [-0.4, -0.2) is 12.4 Å². The second-order valence-electron chi connectivity index (χ2n) is 4.11. The van der Waals surface area contributed by atoms with Gasteiger partial charge in [-0.1, -0.05) is 17.7 Å². The maximum absolute atomic E-state index is 12.5. The second-order valence-corrected chi connectivity index (χ2v) is 5.37. The summed E-state index contributed by atoms with van der Waals surface area (Å²) in [6, 6.07) is 10.2. The molecule has 0 unspecified atom stereocenters. The molecule has 0 aromatic heterocycles. The van der Waals surface area contributed by atoms with E-state index in [0.29, 0.717) is 34.2 Å². The standard InChI is InChI=1S/C15H13BrClNO2/c1-2-20-13-7-6-9(8-10(13)16)15(19)14-11(17)4-3-5-12(14)18/h3-8H,2,18H2,1H3. The van der Waals surface area contributed by atoms with Gasteiger partial charge in [0.05, 0.1) is 21.7 Å². The number of carbonyl (C=O) groups is 1. The summed E-state index contributed by atoms with van der Waals surface area (Å²) in [5.41, 5.74) is 7.03. The maximum atomic E-state index is 12.5. The fraction of sp³-hybridized carbons (Fsp3) is 0.133. The van der Waals surface area contributed by atoms with E-state index in [-0.39, 0.29) is 5.78 Å². The first-order chi connectivity index (χ1) is 9.54. The van der Waals surface area contributed by atoms with Gasteiger partial charge in [0.15, 0.2) is 5.78 Å². The number of benzene rings is 2. The van der Waals surface area contributed by atoms with Crippen molar-refractivity contribution in [2.24, 2.45) is 0 Å². The molecular formula is C15H13BrClNO2. The van der Waals surface area contributed by atoms with Gasteiger partial charge in [-0.3, -0.25) is 4.79 Å². The van der Waals surface area contributed by atoms with Crippen LogP contribution in [0, 0.1) is 0 Å². The fourth-order valence-corrected chi connectivity index (χ4v) is 2.60. The summed E-state index contributed by atoms with van der Waals surface area (Å²) < 4.78 is 6.13. The van der Waals surface area contributed by atoms with Crippen molar-refractivity contribution in [3.05, 3.63) is 57.0 Å². The summed E-state index contributed by atoms with van der Waals surface area (Å²) in [5, 5.41) is 0.347. The van der Waals surface area contributed by atoms with E-state index < -0.39 is 0 Å². The van der Waals surface area contributed by atoms with E-state index in [0.717, 1.165) is 4.47 Å². The van der Waals surface area contributed by atoms with Crippen LogP contribution >= 0.6 is 27.5 Å². The van der Waals surface area contributed by atoms with Crippen LogP contribution in [0.5, 0.6) is 5.75 Å². The summed E-state index contributed by atoms with van der Waals surface area (Å²) >= 11 is 9.44. The predicted octanol–water partition coefficient (Wildman–Crippen LogP) is 4.31. The van der Waals surface area contributed by atoms with Crippen molar-refractivity contribution in [3.63, 3.8) is 0 Å². The van der Waals surface area contributed by atoms with Gasteiger partial charge < -0.3 is 10.5 Å². The lowest BCUT2D eigenvalue weighted by Crippen LogP contribution is -2.06. The van der Waals surface area contributed by atoms with E-state index in [1.165, 1.54) is 0 Å². The molecule has 0 atom stereocenters. The van der Waals surface area contributed by atoms with Gasteiger partial charge in [0.25, 0.3) is 0 Å². The van der Waals surface area contributed by atoms with Gasteiger partial charge in [-0.15, -0.1) is 0 Å². The van der Waals surface area contributed by atoms with Crippen molar-refractivity contribution in [1.29, 1.82) is 0 Å². The summed E-state index contributed by atoms with van der Waals surface area (Å²) in [4.78, 5) is 12.5. The molecule has 0 aliphatic heterocycles. The average molecular weight is 355 g/mol. The third-order valence-electron chi connectivity index (χ3n) is 2.77. The van der Waals surface area contributed by atoms with E-state index in [4.69, 9.17) is 22.1 Å². The Kier molecular flexibility index (Phi) is 4.68. The molecule has 0 spiro atoms. The number of hydrogen-bond donors (Lipinski definition) is 1. The molecule has 104 valence electrons. The maximum Gasteiger partial charge on any atom is 0.196 e. The molecule has 2 aromatic carbocycles. The molecule has 0 aliphatic carbocycles. The highest BCUT2D eigenvalue weighted by Gasteiger charge is 2.17. The van der Waals surface area contributed by atoms with E-state index in [1.54, 1.807) is 36.4 Å². The first-order valence-corrected chi connectivity index (χ1v) is 7.22. The van der Waals surface area contributed by atoms with Crippen LogP contribution in [0.4, 0.5) is 5.69 Å². The van der Waals surface area contributed by atoms with Crippen LogP contribution in [0.1, 0.15) is 22.8 Å². The summed E-state index contributed by atoms with van der Waals surface area (Å²) in [6.45, 7) is 2.46. The number of nitrogens with two attached hydrogens (primary N) is 1. The summed E-state index contributed by atoms with van der Waals surface area (Å²) in [6.07, 6.45) is 0. The highest BCUT2D eigenvalue weighted by atomic mass is 79.9. The number of nitrogen functional groups attached to an aromatic ring is 1. The molecule has 2 rings (SSSR count). The molecule has 0 aliphatic rings. The van der Waals surface area contributed by atoms with Gasteiger partial charge in [-0.25, -0.2) is 0 Å². The molecule has 20 heavy (non-hydrogen) atoms. The normalized spacial score (nSPS) is 10.3. The predicted molar refractivity (Wildman–Crippen MR) is 84.6 cm³/mol. The Morgan fingerprint density at radius 1 is 1.35 bits per heavy atom. The van der Waals surface area contributed by atoms with Crippen molar-refractivity contribution in [1.82, 2.24) is 0 Å². The molecule has 0 radical (unpaired) electrons. The number of halogens is 2. The summed E-state index contributed by atoms with van der Waals surface area (Å²) in [5.74, 6) is 0.480. The summed E-state index contributed by atoms with van der Waals surface area (Å²) in [7, 11) is 0. The molecule has 3 nitrogen and oxygen atoms in total. The van der Waals surface area contributed by atoms with Crippen molar-refractivity contribution in [2.75, 3.05) is 12.3 Å². The third-order valence-corrected chi connectivity index (χ3v) is 3.70. The Hall–Kier alpha value is -1.52. The van der Waals surface area contributed by atoms with Gasteiger partial charge in [-0.2, -0.15) is 0 Å². The monoisotopic (exact) mass is 353 g/mol. The Morgan fingerprint density at radius 3 is 2.70 bits per heavy atom. The van der Waals surface area contributed by atoms with Crippen LogP contribution in [0.3, 0.4) is 0 Å². The van der Waals surface area contributed by atoms with Crippen molar-refractivity contribution < 1.29 is 9.53 Å². The van der Waals surface area contributed by atoms with Crippen molar-refractivity contribution in [3.8, 4) is 5.75 Å². The van der Waals surface area contributed by atoms with E-state index in [1.807, 2.05) is 6.92 Å². The Labute approximate surface area is 130 Å². The first kappa shape index (κ1) is 14.9. The van der Waals surface area contributed by atoms with Crippen molar-refractivity contribution in [2.45, 2.75) is 6.92 Å². The lowest BCUT2D eigenvalue weighted by molar-refractivity contribution is 0.103. The van der Waals surface area contributed by atoms with Gasteiger partial charge in [0.2, 0.25) is 0 Å². The van der Waals surface area contributed by atoms with Gasteiger partial charge in [0.1, 0.15) is 5.75 Å². The number of hydrogen-bond acceptors (Lipinski definition) is 3. The number of rotatable bonds is 4. The highest BCUT2D eigenvalue weighted by molar-refractivity contribution is 9.10. The third kappa shape index (κ3) is 2.97. The van der Waals surface area contributed by atoms with Gasteiger partial charge in [-0.05, 0) is 53.2 Å². The highest BCUT2D eigenvalue weighted by Crippen LogP contribution is 2.30. The van der Waals surface area contributed by atoms with E-state index >= 15 is 0 Å². The largest absolute Gasteiger partial charge is 0.493 e. The molecule has 5 heteroatoms. The Bertz CT molecular complexity index is 638. The van der Waals surface area contributed by atoms with Crippen LogP contribution in [0.2, 0.25) is 5.02 Å². The molecule has 0 saturated carbocycles. The zero-order chi connectivity index (χ0) is 14.7. The zero-order valence-electron chi connectivity index (χ0n) is 10.8. The van der Waals surface area contributed by atoms with E-state index in [2.05, 4.69) is 15.9 Å². The zero-order valence-corrected chi connectivity index (χ0v) is 13.2. The molecule has 0 amide bonds. The average Bonchev–Trinajstić information content (AvgIpc) is 2.41.